The van der Waals surface area contributed by atoms with Crippen LogP contribution in [0.25, 0.3) is 0 Å². The third kappa shape index (κ3) is 2.27. The van der Waals surface area contributed by atoms with Crippen LogP contribution in [0.4, 0.5) is 0 Å². The molecule has 126 valence electrons. The van der Waals surface area contributed by atoms with E-state index in [1.807, 2.05) is 60.7 Å². The molecular formula is C20H18N2O3. The average Bonchev–Trinajstić information content (AvgIpc) is 3.16. The highest BCUT2D eigenvalue weighted by atomic mass is 16.7. The first-order valence-electron chi connectivity index (χ1n) is 8.67. The minimum absolute atomic E-state index is 0.0517. The van der Waals surface area contributed by atoms with Crippen LogP contribution in [0.15, 0.2) is 65.8 Å². The fraction of sp³-hybridized carbons (Fsp3) is 0.300. The van der Waals surface area contributed by atoms with Crippen LogP contribution in [0.3, 0.4) is 0 Å². The lowest BCUT2D eigenvalue weighted by molar-refractivity contribution is -0.287. The van der Waals surface area contributed by atoms with Crippen LogP contribution >= 0.6 is 0 Å². The quantitative estimate of drug-likeness (QED) is 0.848. The molecule has 2 bridgehead atoms. The van der Waals surface area contributed by atoms with E-state index < -0.39 is 0 Å². The smallest absolute Gasteiger partial charge is 0.277 e. The van der Waals surface area contributed by atoms with Gasteiger partial charge in [-0.2, -0.15) is 0 Å². The van der Waals surface area contributed by atoms with Crippen molar-refractivity contribution in [3.05, 3.63) is 71.8 Å². The molecule has 5 nitrogen and oxygen atoms in total. The zero-order chi connectivity index (χ0) is 16.8. The largest absolute Gasteiger partial charge is 0.389 e. The Morgan fingerprint density at radius 3 is 2.48 bits per heavy atom. The number of amides is 1. The lowest BCUT2D eigenvalue weighted by Gasteiger charge is -2.49. The van der Waals surface area contributed by atoms with Gasteiger partial charge in [0.2, 0.25) is 0 Å². The van der Waals surface area contributed by atoms with E-state index in [9.17, 15) is 4.79 Å². The second-order valence-corrected chi connectivity index (χ2v) is 6.72. The zero-order valence-corrected chi connectivity index (χ0v) is 13.6. The number of fused-ring (bicyclic) bond motifs is 2. The van der Waals surface area contributed by atoms with Crippen molar-refractivity contribution in [3.63, 3.8) is 0 Å². The predicted molar refractivity (Wildman–Crippen MR) is 91.8 cm³/mol. The molecule has 0 N–H and O–H groups in total. The molecular weight excluding hydrogens is 316 g/mol. The fourth-order valence-corrected chi connectivity index (χ4v) is 4.14. The maximum absolute atomic E-state index is 12.9. The number of hydrogen-bond acceptors (Lipinski definition) is 4. The molecule has 0 radical (unpaired) electrons. The molecule has 1 saturated carbocycles. The highest BCUT2D eigenvalue weighted by Gasteiger charge is 2.56. The Morgan fingerprint density at radius 2 is 1.72 bits per heavy atom. The van der Waals surface area contributed by atoms with Gasteiger partial charge >= 0.3 is 0 Å². The summed E-state index contributed by atoms with van der Waals surface area (Å²) in [5, 5.41) is 5.92. The van der Waals surface area contributed by atoms with Crippen molar-refractivity contribution in [3.8, 4) is 0 Å². The van der Waals surface area contributed by atoms with Crippen molar-refractivity contribution in [1.29, 1.82) is 0 Å². The lowest BCUT2D eigenvalue weighted by Crippen LogP contribution is -2.63. The minimum atomic E-state index is -0.132. The Balaban J connectivity index is 1.48. The van der Waals surface area contributed by atoms with Gasteiger partial charge in [0.25, 0.3) is 5.91 Å². The summed E-state index contributed by atoms with van der Waals surface area (Å²) in [6, 6.07) is 19.3. The normalized spacial score (nSPS) is 29.8. The lowest BCUT2D eigenvalue weighted by atomic mass is 9.75. The number of carbonyl (C=O) groups is 1. The van der Waals surface area contributed by atoms with E-state index in [1.54, 1.807) is 5.06 Å². The number of hydroxylamine groups is 2. The topological polar surface area (TPSA) is 51.1 Å². The SMILES string of the molecule is O=C(c1ccccc1)N1O[C@H]2CC[C@@H]1[C@@H]1C(c3ccccc3)=NO[C@@H]12. The number of oxime groups is 1. The molecule has 6 rings (SSSR count). The van der Waals surface area contributed by atoms with Crippen LogP contribution < -0.4 is 0 Å². The number of nitrogens with zero attached hydrogens (tertiary/aromatic N) is 2. The molecule has 0 spiro atoms. The first kappa shape index (κ1) is 14.7. The summed E-state index contributed by atoms with van der Waals surface area (Å²) >= 11 is 0. The maximum Gasteiger partial charge on any atom is 0.277 e. The Kier molecular flexibility index (Phi) is 3.35. The number of carbonyl (C=O) groups excluding carboxylic acids is 1. The molecule has 2 aromatic carbocycles. The van der Waals surface area contributed by atoms with E-state index in [-0.39, 0.29) is 30.1 Å². The van der Waals surface area contributed by atoms with E-state index in [0.29, 0.717) is 5.56 Å². The summed E-state index contributed by atoms with van der Waals surface area (Å²) in [5.74, 6) is -0.0318. The van der Waals surface area contributed by atoms with E-state index in [4.69, 9.17) is 9.68 Å². The third-order valence-corrected chi connectivity index (χ3v) is 5.31. The molecule has 3 aliphatic heterocycles. The van der Waals surface area contributed by atoms with Crippen molar-refractivity contribution >= 4 is 11.6 Å². The van der Waals surface area contributed by atoms with Crippen molar-refractivity contribution in [1.82, 2.24) is 5.06 Å². The van der Waals surface area contributed by atoms with Crippen LogP contribution in [0, 0.1) is 5.92 Å². The van der Waals surface area contributed by atoms with Crippen molar-refractivity contribution in [2.24, 2.45) is 11.1 Å². The molecule has 0 unspecified atom stereocenters. The van der Waals surface area contributed by atoms with Crippen molar-refractivity contribution < 1.29 is 14.5 Å². The van der Waals surface area contributed by atoms with Gasteiger partial charge in [-0.3, -0.25) is 9.63 Å². The molecule has 3 fully saturated rings. The Labute approximate surface area is 145 Å². The van der Waals surface area contributed by atoms with E-state index >= 15 is 0 Å². The summed E-state index contributed by atoms with van der Waals surface area (Å²) < 4.78 is 0. The summed E-state index contributed by atoms with van der Waals surface area (Å²) in [6.45, 7) is 0. The van der Waals surface area contributed by atoms with Gasteiger partial charge in [-0.05, 0) is 30.5 Å². The number of hydrogen-bond donors (Lipinski definition) is 0. The molecule has 4 aliphatic rings. The van der Waals surface area contributed by atoms with E-state index in [0.717, 1.165) is 24.1 Å². The summed E-state index contributed by atoms with van der Waals surface area (Å²) in [7, 11) is 0. The van der Waals surface area contributed by atoms with Gasteiger partial charge in [0, 0.05) is 5.56 Å². The van der Waals surface area contributed by atoms with Crippen LogP contribution in [-0.2, 0) is 9.68 Å². The molecule has 4 atom stereocenters. The number of rotatable bonds is 2. The first-order valence-corrected chi connectivity index (χ1v) is 8.67. The van der Waals surface area contributed by atoms with Gasteiger partial charge in [-0.25, -0.2) is 5.06 Å². The van der Waals surface area contributed by atoms with Gasteiger partial charge in [0.15, 0.2) is 6.10 Å². The summed E-state index contributed by atoms with van der Waals surface area (Å²) in [5.41, 5.74) is 2.62. The molecule has 2 saturated heterocycles. The van der Waals surface area contributed by atoms with E-state index in [1.165, 1.54) is 0 Å². The highest BCUT2D eigenvalue weighted by Crippen LogP contribution is 2.44. The predicted octanol–water partition coefficient (Wildman–Crippen LogP) is 3.02. The van der Waals surface area contributed by atoms with Crippen LogP contribution in [-0.4, -0.2) is 34.9 Å². The molecule has 1 amide bonds. The van der Waals surface area contributed by atoms with Crippen LogP contribution in [0.1, 0.15) is 28.8 Å². The van der Waals surface area contributed by atoms with E-state index in [2.05, 4.69) is 5.16 Å². The molecule has 0 aromatic heterocycles. The van der Waals surface area contributed by atoms with Gasteiger partial charge in [0.1, 0.15) is 6.10 Å². The molecule has 25 heavy (non-hydrogen) atoms. The van der Waals surface area contributed by atoms with Gasteiger partial charge in [-0.1, -0.05) is 53.7 Å². The van der Waals surface area contributed by atoms with Crippen LogP contribution in [0.2, 0.25) is 0 Å². The fourth-order valence-electron chi connectivity index (χ4n) is 4.14. The minimum Gasteiger partial charge on any atom is -0.389 e. The van der Waals surface area contributed by atoms with Gasteiger partial charge in [0.05, 0.1) is 17.7 Å². The second-order valence-electron chi connectivity index (χ2n) is 6.72. The third-order valence-electron chi connectivity index (χ3n) is 5.31. The van der Waals surface area contributed by atoms with Crippen LogP contribution in [0.5, 0.6) is 0 Å². The summed E-state index contributed by atoms with van der Waals surface area (Å²) in [4.78, 5) is 24.6. The first-order chi connectivity index (χ1) is 12.3. The Morgan fingerprint density at radius 1 is 1.00 bits per heavy atom. The zero-order valence-electron chi connectivity index (χ0n) is 13.6. The monoisotopic (exact) mass is 334 g/mol. The van der Waals surface area contributed by atoms with Crippen molar-refractivity contribution in [2.45, 2.75) is 31.1 Å². The van der Waals surface area contributed by atoms with Gasteiger partial charge in [-0.15, -0.1) is 0 Å². The Hall–Kier alpha value is -2.66. The maximum atomic E-state index is 12.9. The van der Waals surface area contributed by atoms with Crippen molar-refractivity contribution in [2.75, 3.05) is 0 Å². The van der Waals surface area contributed by atoms with Gasteiger partial charge < -0.3 is 4.84 Å². The Bertz CT molecular complexity index is 821. The average molecular weight is 334 g/mol. The summed E-state index contributed by atoms with van der Waals surface area (Å²) in [6.07, 6.45) is 1.56. The molecule has 2 aromatic rings. The second kappa shape index (κ2) is 5.70. The molecule has 5 heteroatoms. The molecule has 3 heterocycles. The highest BCUT2D eigenvalue weighted by molar-refractivity contribution is 6.04. The number of benzene rings is 2. The standard InChI is InChI=1S/C20H18N2O3/c23-20(14-9-5-2-6-10-14)22-15-11-12-16(25-22)19-17(15)18(21-24-19)13-7-3-1-4-8-13/h1-10,15-17,19H,11-12H2/t15-,16+,17-,19-/m1/s1. The molecule has 1 aliphatic carbocycles.